The highest BCUT2D eigenvalue weighted by Crippen LogP contribution is 2.44. The molecule has 2 atom stereocenters. The van der Waals surface area contributed by atoms with Gasteiger partial charge in [-0.05, 0) is 48.1 Å². The Bertz CT molecular complexity index is 656. The second kappa shape index (κ2) is 9.53. The summed E-state index contributed by atoms with van der Waals surface area (Å²) in [6, 6.07) is 4.07. The van der Waals surface area contributed by atoms with Gasteiger partial charge in [-0.1, -0.05) is 74.1 Å². The van der Waals surface area contributed by atoms with Crippen LogP contribution in [-0.2, 0) is 15.6 Å². The Morgan fingerprint density at radius 1 is 1.00 bits per heavy atom. The van der Waals surface area contributed by atoms with E-state index in [9.17, 15) is 4.79 Å². The number of methoxy groups -OCH3 is 1. The number of carbonyl (C=O) groups is 1. The SMILES string of the molecule is CCCC[C@H]1CCCC[C@H]1C(=O)Oc1c(C(C)(C)C)cc(OC)cc1C(C)(C)C. The lowest BCUT2D eigenvalue weighted by Crippen LogP contribution is -2.32. The molecule has 0 N–H and O–H groups in total. The van der Waals surface area contributed by atoms with Gasteiger partial charge in [0.25, 0.3) is 0 Å². The number of hydrogen-bond acceptors (Lipinski definition) is 3. The van der Waals surface area contributed by atoms with Crippen LogP contribution in [0.5, 0.6) is 11.5 Å². The molecule has 0 heterocycles. The molecule has 3 heteroatoms. The van der Waals surface area contributed by atoms with Crippen LogP contribution in [0.2, 0.25) is 0 Å². The molecule has 2 rings (SSSR count). The van der Waals surface area contributed by atoms with Crippen LogP contribution in [-0.4, -0.2) is 13.1 Å². The van der Waals surface area contributed by atoms with E-state index in [1.807, 2.05) is 12.1 Å². The number of unbranched alkanes of at least 4 members (excludes halogenated alkanes) is 1. The van der Waals surface area contributed by atoms with Gasteiger partial charge in [0.05, 0.1) is 13.0 Å². The molecule has 29 heavy (non-hydrogen) atoms. The third kappa shape index (κ3) is 5.99. The highest BCUT2D eigenvalue weighted by atomic mass is 16.5. The molecule has 1 aromatic rings. The largest absolute Gasteiger partial charge is 0.497 e. The fourth-order valence-corrected chi connectivity index (χ4v) is 4.45. The van der Waals surface area contributed by atoms with E-state index in [0.29, 0.717) is 5.92 Å². The summed E-state index contributed by atoms with van der Waals surface area (Å²) in [5, 5.41) is 0. The molecule has 1 saturated carbocycles. The monoisotopic (exact) mass is 402 g/mol. The van der Waals surface area contributed by atoms with Gasteiger partial charge in [0, 0.05) is 11.1 Å². The van der Waals surface area contributed by atoms with Crippen molar-refractivity contribution in [2.45, 2.75) is 104 Å². The minimum Gasteiger partial charge on any atom is -0.497 e. The van der Waals surface area contributed by atoms with Crippen LogP contribution in [0, 0.1) is 11.8 Å². The molecule has 0 saturated heterocycles. The van der Waals surface area contributed by atoms with Crippen LogP contribution in [0.25, 0.3) is 0 Å². The molecule has 0 aromatic heterocycles. The van der Waals surface area contributed by atoms with Crippen LogP contribution >= 0.6 is 0 Å². The van der Waals surface area contributed by atoms with Crippen molar-refractivity contribution in [3.8, 4) is 11.5 Å². The molecule has 164 valence electrons. The summed E-state index contributed by atoms with van der Waals surface area (Å²) >= 11 is 0. The van der Waals surface area contributed by atoms with Gasteiger partial charge in [-0.15, -0.1) is 0 Å². The summed E-state index contributed by atoms with van der Waals surface area (Å²) in [5.74, 6) is 2.02. The van der Waals surface area contributed by atoms with Gasteiger partial charge in [-0.3, -0.25) is 4.79 Å². The van der Waals surface area contributed by atoms with Crippen molar-refractivity contribution in [2.24, 2.45) is 11.8 Å². The number of hydrogen-bond donors (Lipinski definition) is 0. The Balaban J connectivity index is 2.45. The van der Waals surface area contributed by atoms with Crippen molar-refractivity contribution in [3.05, 3.63) is 23.3 Å². The second-order valence-electron chi connectivity index (χ2n) is 10.8. The average molecular weight is 403 g/mol. The minimum absolute atomic E-state index is 0.0260. The lowest BCUT2D eigenvalue weighted by atomic mass is 9.76. The van der Waals surface area contributed by atoms with Gasteiger partial charge >= 0.3 is 5.97 Å². The number of benzene rings is 1. The lowest BCUT2D eigenvalue weighted by Gasteiger charge is -2.33. The first-order valence-electron chi connectivity index (χ1n) is 11.4. The van der Waals surface area contributed by atoms with E-state index >= 15 is 0 Å². The summed E-state index contributed by atoms with van der Waals surface area (Å²) in [4.78, 5) is 13.4. The molecule has 0 aliphatic heterocycles. The highest BCUT2D eigenvalue weighted by Gasteiger charge is 2.35. The zero-order chi connectivity index (χ0) is 21.8. The van der Waals surface area contributed by atoms with E-state index in [1.54, 1.807) is 7.11 Å². The topological polar surface area (TPSA) is 35.5 Å². The van der Waals surface area contributed by atoms with Gasteiger partial charge in [-0.25, -0.2) is 0 Å². The summed E-state index contributed by atoms with van der Waals surface area (Å²) in [5.41, 5.74) is 1.77. The Labute approximate surface area is 178 Å². The zero-order valence-corrected chi connectivity index (χ0v) is 20.0. The Kier molecular flexibility index (Phi) is 7.81. The van der Waals surface area contributed by atoms with Gasteiger partial charge in [0.15, 0.2) is 0 Å². The molecule has 1 aromatic carbocycles. The van der Waals surface area contributed by atoms with E-state index < -0.39 is 0 Å². The van der Waals surface area contributed by atoms with Crippen LogP contribution in [0.1, 0.15) is 105 Å². The normalized spacial score (nSPS) is 20.4. The molecule has 0 radical (unpaired) electrons. The van der Waals surface area contributed by atoms with E-state index in [2.05, 4.69) is 48.5 Å². The number of esters is 1. The molecule has 0 unspecified atom stereocenters. The zero-order valence-electron chi connectivity index (χ0n) is 20.0. The standard InChI is InChI=1S/C26H42O3/c1-9-10-13-18-14-11-12-15-20(18)24(27)29-23-21(25(2,3)4)16-19(28-8)17-22(23)26(5,6)7/h16-18,20H,9-15H2,1-8H3/t18-,20+/m0/s1. The summed E-state index contributed by atoms with van der Waals surface area (Å²) < 4.78 is 11.9. The Hall–Kier alpha value is -1.51. The van der Waals surface area contributed by atoms with Crippen molar-refractivity contribution in [3.63, 3.8) is 0 Å². The van der Waals surface area contributed by atoms with Gasteiger partial charge in [-0.2, -0.15) is 0 Å². The summed E-state index contributed by atoms with van der Waals surface area (Å²) in [6.07, 6.45) is 7.98. The van der Waals surface area contributed by atoms with Crippen LogP contribution < -0.4 is 9.47 Å². The van der Waals surface area contributed by atoms with Crippen molar-refractivity contribution < 1.29 is 14.3 Å². The molecule has 1 fully saturated rings. The molecular weight excluding hydrogens is 360 g/mol. The first-order valence-corrected chi connectivity index (χ1v) is 11.4. The summed E-state index contributed by atoms with van der Waals surface area (Å²) in [7, 11) is 1.69. The van der Waals surface area contributed by atoms with Crippen LogP contribution in [0.4, 0.5) is 0 Å². The fourth-order valence-electron chi connectivity index (χ4n) is 4.45. The molecule has 0 amide bonds. The predicted molar refractivity (Wildman–Crippen MR) is 121 cm³/mol. The fraction of sp³-hybridized carbons (Fsp3) is 0.731. The highest BCUT2D eigenvalue weighted by molar-refractivity contribution is 5.77. The molecule has 1 aliphatic rings. The van der Waals surface area contributed by atoms with Gasteiger partial charge < -0.3 is 9.47 Å². The van der Waals surface area contributed by atoms with Crippen molar-refractivity contribution in [1.29, 1.82) is 0 Å². The molecule has 0 spiro atoms. The first-order chi connectivity index (χ1) is 13.5. The Morgan fingerprint density at radius 3 is 2.03 bits per heavy atom. The number of rotatable bonds is 6. The third-order valence-corrected chi connectivity index (χ3v) is 6.26. The number of ether oxygens (including phenoxy) is 2. The maximum atomic E-state index is 13.4. The lowest BCUT2D eigenvalue weighted by molar-refractivity contribution is -0.142. The van der Waals surface area contributed by atoms with Crippen molar-refractivity contribution in [2.75, 3.05) is 7.11 Å². The van der Waals surface area contributed by atoms with E-state index in [4.69, 9.17) is 9.47 Å². The summed E-state index contributed by atoms with van der Waals surface area (Å²) in [6.45, 7) is 15.2. The Morgan fingerprint density at radius 2 is 1.55 bits per heavy atom. The molecule has 3 nitrogen and oxygen atoms in total. The van der Waals surface area contributed by atoms with Crippen LogP contribution in [0.3, 0.4) is 0 Å². The quantitative estimate of drug-likeness (QED) is 0.373. The minimum atomic E-state index is -0.154. The molecule has 1 aliphatic carbocycles. The molecule has 0 bridgehead atoms. The number of carbonyl (C=O) groups excluding carboxylic acids is 1. The predicted octanol–water partition coefficient (Wildman–Crippen LogP) is 7.19. The van der Waals surface area contributed by atoms with Crippen molar-refractivity contribution >= 4 is 5.97 Å². The van der Waals surface area contributed by atoms with Gasteiger partial charge in [0.1, 0.15) is 11.5 Å². The van der Waals surface area contributed by atoms with Gasteiger partial charge in [0.2, 0.25) is 0 Å². The van der Waals surface area contributed by atoms with E-state index in [1.165, 1.54) is 19.3 Å². The van der Waals surface area contributed by atoms with E-state index in [0.717, 1.165) is 48.3 Å². The maximum absolute atomic E-state index is 13.4. The average Bonchev–Trinajstić information content (AvgIpc) is 2.64. The second-order valence-corrected chi connectivity index (χ2v) is 10.8. The maximum Gasteiger partial charge on any atom is 0.314 e. The smallest absolute Gasteiger partial charge is 0.314 e. The van der Waals surface area contributed by atoms with E-state index in [-0.39, 0.29) is 22.7 Å². The first kappa shape index (κ1) is 23.8. The third-order valence-electron chi connectivity index (χ3n) is 6.26. The van der Waals surface area contributed by atoms with Crippen molar-refractivity contribution in [1.82, 2.24) is 0 Å². The molecular formula is C26H42O3. The van der Waals surface area contributed by atoms with Crippen LogP contribution in [0.15, 0.2) is 12.1 Å².